The van der Waals surface area contributed by atoms with Crippen molar-refractivity contribution in [3.05, 3.63) is 66.7 Å². The Hall–Kier alpha value is -4.75. The molecule has 0 unspecified atom stereocenters. The summed E-state index contributed by atoms with van der Waals surface area (Å²) in [5.41, 5.74) is 1.22. The minimum atomic E-state index is -1.99. The van der Waals surface area contributed by atoms with E-state index in [2.05, 4.69) is 11.9 Å². The maximum Gasteiger partial charge on any atom is 0.414 e. The van der Waals surface area contributed by atoms with Crippen LogP contribution < -0.4 is 5.32 Å². The Labute approximate surface area is 228 Å². The first-order valence-corrected chi connectivity index (χ1v) is 11.9. The van der Waals surface area contributed by atoms with Gasteiger partial charge in [0.1, 0.15) is 12.7 Å². The van der Waals surface area contributed by atoms with Crippen molar-refractivity contribution < 1.29 is 57.9 Å². The minimum absolute atomic E-state index is 0.00928. The Morgan fingerprint density at radius 3 is 2.15 bits per heavy atom. The molecule has 1 aliphatic heterocycles. The largest absolute Gasteiger partial charge is 0.479 e. The summed E-state index contributed by atoms with van der Waals surface area (Å²) in [4.78, 5) is 60.6. The van der Waals surface area contributed by atoms with Gasteiger partial charge in [0.2, 0.25) is 12.4 Å². The maximum absolute atomic E-state index is 13.0. The zero-order chi connectivity index (χ0) is 29.4. The van der Waals surface area contributed by atoms with Crippen LogP contribution in [0, 0.1) is 0 Å². The summed E-state index contributed by atoms with van der Waals surface area (Å²) in [5, 5.41) is 22.4. The molecule has 0 aliphatic carbocycles. The van der Waals surface area contributed by atoms with Gasteiger partial charge in [0.15, 0.2) is 12.2 Å². The van der Waals surface area contributed by atoms with Crippen molar-refractivity contribution in [1.82, 2.24) is 0 Å². The number of para-hydroxylation sites is 1. The molecule has 0 bridgehead atoms. The maximum atomic E-state index is 13.0. The van der Waals surface area contributed by atoms with Gasteiger partial charge >= 0.3 is 30.0 Å². The lowest BCUT2D eigenvalue weighted by Crippen LogP contribution is -2.63. The molecule has 1 heterocycles. The molecule has 40 heavy (non-hydrogen) atoms. The van der Waals surface area contributed by atoms with Crippen LogP contribution in [0.4, 0.5) is 10.5 Å². The monoisotopic (exact) mass is 557 g/mol. The van der Waals surface area contributed by atoms with E-state index in [1.165, 1.54) is 12.1 Å². The number of nitrogens with one attached hydrogen (secondary N) is 1. The minimum Gasteiger partial charge on any atom is -0.479 e. The number of carboxylic acid groups (broad SMARTS) is 1. The van der Waals surface area contributed by atoms with Crippen LogP contribution in [-0.4, -0.2) is 77.5 Å². The number of esters is 3. The van der Waals surface area contributed by atoms with Crippen LogP contribution in [0.15, 0.2) is 61.2 Å². The fourth-order valence-corrected chi connectivity index (χ4v) is 3.95. The Kier molecular flexibility index (Phi) is 9.95. The van der Waals surface area contributed by atoms with Gasteiger partial charge in [0, 0.05) is 19.4 Å². The van der Waals surface area contributed by atoms with Crippen molar-refractivity contribution in [2.75, 3.05) is 11.9 Å². The number of carbonyl (C=O) groups excluding carboxylic acids is 4. The van der Waals surface area contributed by atoms with Crippen molar-refractivity contribution in [2.45, 2.75) is 44.6 Å². The van der Waals surface area contributed by atoms with Crippen molar-refractivity contribution in [1.29, 1.82) is 0 Å². The van der Waals surface area contributed by atoms with Crippen molar-refractivity contribution >= 4 is 35.7 Å². The molecule has 2 aromatic rings. The van der Waals surface area contributed by atoms with Gasteiger partial charge in [-0.25, -0.2) is 14.4 Å². The van der Waals surface area contributed by atoms with Gasteiger partial charge in [0.25, 0.3) is 0 Å². The molecule has 212 valence electrons. The zero-order valence-electron chi connectivity index (χ0n) is 21.5. The summed E-state index contributed by atoms with van der Waals surface area (Å²) in [7, 11) is 0. The van der Waals surface area contributed by atoms with Crippen molar-refractivity contribution in [3.63, 3.8) is 0 Å². The predicted octanol–water partition coefficient (Wildman–Crippen LogP) is 2.28. The van der Waals surface area contributed by atoms with E-state index in [0.717, 1.165) is 13.8 Å². The second kappa shape index (κ2) is 13.4. The average molecular weight is 558 g/mol. The van der Waals surface area contributed by atoms with E-state index >= 15 is 0 Å². The molecule has 13 nitrogen and oxygen atoms in total. The molecule has 0 aromatic heterocycles. The summed E-state index contributed by atoms with van der Waals surface area (Å²) in [6.07, 6.45) is -9.03. The number of aliphatic hydroxyl groups excluding tert-OH is 1. The molecule has 0 spiro atoms. The van der Waals surface area contributed by atoms with E-state index in [1.54, 1.807) is 42.5 Å². The third-order valence-electron chi connectivity index (χ3n) is 5.52. The van der Waals surface area contributed by atoms with Crippen LogP contribution in [-0.2, 0) is 38.1 Å². The Balaban J connectivity index is 1.90. The highest BCUT2D eigenvalue weighted by Gasteiger charge is 2.53. The van der Waals surface area contributed by atoms with Crippen LogP contribution in [0.1, 0.15) is 24.2 Å². The molecule has 1 fully saturated rings. The number of amides is 1. The summed E-state index contributed by atoms with van der Waals surface area (Å²) in [5.74, 6) is -4.10. The van der Waals surface area contributed by atoms with Crippen LogP contribution in [0.3, 0.4) is 0 Å². The molecule has 13 heteroatoms. The second-order valence-corrected chi connectivity index (χ2v) is 8.41. The third-order valence-corrected chi connectivity index (χ3v) is 5.52. The molecule has 0 saturated carbocycles. The summed E-state index contributed by atoms with van der Waals surface area (Å²) < 4.78 is 25.7. The highest BCUT2D eigenvalue weighted by molar-refractivity contribution is 6.01. The van der Waals surface area contributed by atoms with Crippen molar-refractivity contribution in [2.24, 2.45) is 0 Å². The van der Waals surface area contributed by atoms with Gasteiger partial charge < -0.3 is 33.9 Å². The number of carbonyl (C=O) groups is 5. The van der Waals surface area contributed by atoms with Crippen LogP contribution in [0.25, 0.3) is 11.1 Å². The molecular formula is C27H27NO12. The van der Waals surface area contributed by atoms with E-state index < -0.39 is 60.7 Å². The quantitative estimate of drug-likeness (QED) is 0.233. The van der Waals surface area contributed by atoms with Gasteiger partial charge in [-0.2, -0.15) is 0 Å². The molecule has 5 atom stereocenters. The van der Waals surface area contributed by atoms with Gasteiger partial charge in [0.05, 0.1) is 11.3 Å². The van der Waals surface area contributed by atoms with Gasteiger partial charge in [-0.3, -0.25) is 14.9 Å². The van der Waals surface area contributed by atoms with Gasteiger partial charge in [-0.1, -0.05) is 49.1 Å². The molecule has 1 saturated heterocycles. The predicted molar refractivity (Wildman–Crippen MR) is 136 cm³/mol. The van der Waals surface area contributed by atoms with Crippen molar-refractivity contribution in [3.8, 4) is 11.1 Å². The Morgan fingerprint density at radius 1 is 0.925 bits per heavy atom. The SMILES string of the molecule is C=CCOC(=O)c1ccccc1-c1ccccc1NC(=O)O[C@@H]1O[C@H](C(=O)O)[C@@H](O)[C@H](OC(C)=O)[C@H]1OC(C)=O. The summed E-state index contributed by atoms with van der Waals surface area (Å²) >= 11 is 0. The fraction of sp³-hybridized carbons (Fsp3) is 0.296. The lowest BCUT2D eigenvalue weighted by Gasteiger charge is -2.41. The number of rotatable bonds is 9. The van der Waals surface area contributed by atoms with E-state index in [0.29, 0.717) is 11.1 Å². The molecule has 3 rings (SSSR count). The number of hydrogen-bond donors (Lipinski definition) is 3. The Bertz CT molecular complexity index is 1290. The van der Waals surface area contributed by atoms with Crippen LogP contribution in [0.5, 0.6) is 0 Å². The molecular weight excluding hydrogens is 530 g/mol. The molecule has 1 aliphatic rings. The molecule has 0 radical (unpaired) electrons. The van der Waals surface area contributed by atoms with E-state index in [-0.39, 0.29) is 17.9 Å². The number of aliphatic carboxylic acids is 1. The van der Waals surface area contributed by atoms with E-state index in [4.69, 9.17) is 23.7 Å². The molecule has 3 N–H and O–H groups in total. The van der Waals surface area contributed by atoms with Gasteiger partial charge in [-0.15, -0.1) is 0 Å². The van der Waals surface area contributed by atoms with E-state index in [1.807, 2.05) is 0 Å². The van der Waals surface area contributed by atoms with Crippen LogP contribution >= 0.6 is 0 Å². The first-order chi connectivity index (χ1) is 19.0. The van der Waals surface area contributed by atoms with Crippen LogP contribution in [0.2, 0.25) is 0 Å². The number of hydrogen-bond acceptors (Lipinski definition) is 11. The first-order valence-electron chi connectivity index (χ1n) is 11.9. The first kappa shape index (κ1) is 29.8. The highest BCUT2D eigenvalue weighted by Crippen LogP contribution is 2.32. The van der Waals surface area contributed by atoms with Gasteiger partial charge in [-0.05, 0) is 17.7 Å². The second-order valence-electron chi connectivity index (χ2n) is 8.41. The average Bonchev–Trinajstić information content (AvgIpc) is 2.90. The molecule has 1 amide bonds. The number of anilines is 1. The number of carboxylic acids is 1. The smallest absolute Gasteiger partial charge is 0.414 e. The standard InChI is InChI=1S/C27H27NO12/c1-4-13-36-25(34)18-11-6-5-9-16(18)17-10-7-8-12-19(17)28-27(35)40-26-23(38-15(3)30)21(37-14(2)29)20(31)22(39-26)24(32)33/h4-12,20-23,26,31H,1,13H2,2-3H3,(H,28,35)(H,32,33)/t20-,21-,22-,23+,26-/m0/s1. The lowest BCUT2D eigenvalue weighted by atomic mass is 9.98. The third kappa shape index (κ3) is 7.21. The van der Waals surface area contributed by atoms with E-state index in [9.17, 15) is 34.2 Å². The Morgan fingerprint density at radius 2 is 1.52 bits per heavy atom. The molecule has 2 aromatic carbocycles. The normalized spacial score (nSPS) is 21.8. The fourth-order valence-electron chi connectivity index (χ4n) is 3.95. The summed E-state index contributed by atoms with van der Waals surface area (Å²) in [6.45, 7) is 5.50. The topological polar surface area (TPSA) is 184 Å². The number of benzene rings is 2. The lowest BCUT2D eigenvalue weighted by molar-refractivity contribution is -0.284. The number of aliphatic hydroxyl groups is 1. The zero-order valence-corrected chi connectivity index (χ0v) is 21.5. The highest BCUT2D eigenvalue weighted by atomic mass is 16.7. The number of ether oxygens (including phenoxy) is 5. The summed E-state index contributed by atoms with van der Waals surface area (Å²) in [6, 6.07) is 12.9.